The fourth-order valence-electron chi connectivity index (χ4n) is 2.19. The van der Waals surface area contributed by atoms with Crippen molar-refractivity contribution in [2.75, 3.05) is 6.61 Å². The SMILES string of the molecule is CCOC(=O)c1cccnc1Sc1c(C)cc(Br)cc1C=NS(=O)C(C)(C)C. The molecule has 0 amide bonds. The number of hydrogen-bond acceptors (Lipinski definition) is 5. The van der Waals surface area contributed by atoms with Gasteiger partial charge in [-0.1, -0.05) is 27.7 Å². The van der Waals surface area contributed by atoms with Crippen LogP contribution < -0.4 is 0 Å². The number of pyridine rings is 1. The minimum atomic E-state index is -1.37. The highest BCUT2D eigenvalue weighted by molar-refractivity contribution is 9.10. The van der Waals surface area contributed by atoms with Crippen molar-refractivity contribution >= 4 is 50.9 Å². The molecular formula is C20H23BrN2O3S2. The van der Waals surface area contributed by atoms with E-state index in [9.17, 15) is 9.00 Å². The minimum absolute atomic E-state index is 0.297. The first-order valence-corrected chi connectivity index (χ1v) is 11.4. The van der Waals surface area contributed by atoms with Crippen LogP contribution in [0.4, 0.5) is 0 Å². The fraction of sp³-hybridized carbons (Fsp3) is 0.350. The Hall–Kier alpha value is -1.51. The number of nitrogens with zero attached hydrogens (tertiary/aromatic N) is 2. The Bertz CT molecular complexity index is 924. The van der Waals surface area contributed by atoms with Gasteiger partial charge in [-0.05, 0) is 64.4 Å². The fourth-order valence-corrected chi connectivity index (χ4v) is 4.32. The molecule has 0 aliphatic rings. The van der Waals surface area contributed by atoms with Gasteiger partial charge in [0.15, 0.2) is 0 Å². The van der Waals surface area contributed by atoms with E-state index in [0.717, 1.165) is 20.5 Å². The van der Waals surface area contributed by atoms with E-state index in [2.05, 4.69) is 25.3 Å². The molecular weight excluding hydrogens is 460 g/mol. The van der Waals surface area contributed by atoms with Gasteiger partial charge >= 0.3 is 5.97 Å². The van der Waals surface area contributed by atoms with Gasteiger partial charge in [-0.2, -0.15) is 4.40 Å². The van der Waals surface area contributed by atoms with Gasteiger partial charge in [0, 0.05) is 27.3 Å². The van der Waals surface area contributed by atoms with Crippen LogP contribution in [0.3, 0.4) is 0 Å². The number of halogens is 1. The molecule has 0 saturated heterocycles. The second-order valence-electron chi connectivity index (χ2n) is 6.92. The average molecular weight is 483 g/mol. The molecule has 28 heavy (non-hydrogen) atoms. The third-order valence-electron chi connectivity index (χ3n) is 3.54. The Morgan fingerprint density at radius 1 is 1.39 bits per heavy atom. The highest BCUT2D eigenvalue weighted by Gasteiger charge is 2.20. The van der Waals surface area contributed by atoms with Crippen LogP contribution in [0, 0.1) is 6.92 Å². The molecule has 0 fully saturated rings. The molecule has 0 spiro atoms. The van der Waals surface area contributed by atoms with Gasteiger partial charge in [-0.15, -0.1) is 0 Å². The smallest absolute Gasteiger partial charge is 0.340 e. The van der Waals surface area contributed by atoms with Crippen LogP contribution in [0.5, 0.6) is 0 Å². The van der Waals surface area contributed by atoms with Crippen molar-refractivity contribution in [1.82, 2.24) is 4.98 Å². The van der Waals surface area contributed by atoms with Crippen molar-refractivity contribution in [3.63, 3.8) is 0 Å². The lowest BCUT2D eigenvalue weighted by Crippen LogP contribution is -2.19. The van der Waals surface area contributed by atoms with Crippen LogP contribution in [0.15, 0.2) is 49.3 Å². The Kier molecular flexibility index (Phi) is 7.97. The van der Waals surface area contributed by atoms with E-state index in [1.165, 1.54) is 11.8 Å². The van der Waals surface area contributed by atoms with Crippen molar-refractivity contribution < 1.29 is 13.7 Å². The number of ether oxygens (including phenoxy) is 1. The van der Waals surface area contributed by atoms with E-state index < -0.39 is 21.7 Å². The van der Waals surface area contributed by atoms with Crippen molar-refractivity contribution in [3.05, 3.63) is 51.6 Å². The summed E-state index contributed by atoms with van der Waals surface area (Å²) in [5, 5.41) is 0.554. The van der Waals surface area contributed by atoms with Gasteiger partial charge in [-0.3, -0.25) is 0 Å². The summed E-state index contributed by atoms with van der Waals surface area (Å²) >= 11 is 4.87. The molecule has 2 rings (SSSR count). The third kappa shape index (κ3) is 5.99. The maximum Gasteiger partial charge on any atom is 0.340 e. The molecule has 2 aromatic rings. The first-order chi connectivity index (χ1) is 13.1. The predicted octanol–water partition coefficient (Wildman–Crippen LogP) is 5.36. The van der Waals surface area contributed by atoms with E-state index >= 15 is 0 Å². The molecule has 0 radical (unpaired) electrons. The number of carbonyl (C=O) groups excluding carboxylic acids is 1. The molecule has 5 nitrogen and oxygen atoms in total. The van der Waals surface area contributed by atoms with E-state index in [1.54, 1.807) is 31.5 Å². The Morgan fingerprint density at radius 3 is 2.75 bits per heavy atom. The van der Waals surface area contributed by atoms with E-state index in [4.69, 9.17) is 4.74 Å². The lowest BCUT2D eigenvalue weighted by atomic mass is 10.1. The zero-order chi connectivity index (χ0) is 20.9. The molecule has 0 aliphatic heterocycles. The lowest BCUT2D eigenvalue weighted by Gasteiger charge is -2.14. The molecule has 1 aromatic heterocycles. The van der Waals surface area contributed by atoms with Crippen LogP contribution in [0.25, 0.3) is 0 Å². The lowest BCUT2D eigenvalue weighted by molar-refractivity contribution is 0.0521. The topological polar surface area (TPSA) is 68.6 Å². The number of carbonyl (C=O) groups is 1. The molecule has 1 heterocycles. The number of benzene rings is 1. The molecule has 0 bridgehead atoms. The monoisotopic (exact) mass is 482 g/mol. The molecule has 0 saturated carbocycles. The van der Waals surface area contributed by atoms with E-state index in [1.807, 2.05) is 39.8 Å². The third-order valence-corrected chi connectivity index (χ3v) is 6.63. The van der Waals surface area contributed by atoms with Crippen molar-refractivity contribution in [2.24, 2.45) is 4.40 Å². The van der Waals surface area contributed by atoms with Gasteiger partial charge in [0.05, 0.1) is 16.9 Å². The number of rotatable bonds is 6. The Labute approximate surface area is 181 Å². The van der Waals surface area contributed by atoms with Crippen LogP contribution in [0.1, 0.15) is 49.2 Å². The molecule has 150 valence electrons. The average Bonchev–Trinajstić information content (AvgIpc) is 2.61. The molecule has 1 aromatic carbocycles. The van der Waals surface area contributed by atoms with Gasteiger partial charge < -0.3 is 4.74 Å². The standard InChI is InChI=1S/C20H23BrN2O3S2/c1-6-26-19(24)16-8-7-9-22-18(16)27-17-13(2)10-15(21)11-14(17)12-23-28(25)20(3,4)5/h7-12H,6H2,1-5H3. The normalized spacial score (nSPS) is 12.9. The first kappa shape index (κ1) is 22.8. The molecule has 0 aliphatic carbocycles. The summed E-state index contributed by atoms with van der Waals surface area (Å²) < 4.78 is 22.1. The second kappa shape index (κ2) is 9.80. The minimum Gasteiger partial charge on any atom is -0.462 e. The zero-order valence-electron chi connectivity index (χ0n) is 16.5. The van der Waals surface area contributed by atoms with Gasteiger partial charge in [0.1, 0.15) is 16.0 Å². The van der Waals surface area contributed by atoms with Crippen LogP contribution in [0.2, 0.25) is 0 Å². The molecule has 1 unspecified atom stereocenters. The van der Waals surface area contributed by atoms with Crippen LogP contribution in [-0.4, -0.2) is 32.7 Å². The highest BCUT2D eigenvalue weighted by Crippen LogP contribution is 2.35. The summed E-state index contributed by atoms with van der Waals surface area (Å²) in [4.78, 5) is 17.5. The van der Waals surface area contributed by atoms with Gasteiger partial charge in [0.2, 0.25) is 0 Å². The van der Waals surface area contributed by atoms with Crippen LogP contribution >= 0.6 is 27.7 Å². The summed E-state index contributed by atoms with van der Waals surface area (Å²) in [6.07, 6.45) is 3.26. The molecule has 8 heteroatoms. The summed E-state index contributed by atoms with van der Waals surface area (Å²) in [6.45, 7) is 9.67. The second-order valence-corrected chi connectivity index (χ2v) is 10.8. The molecule has 0 N–H and O–H groups in total. The Morgan fingerprint density at radius 2 is 2.11 bits per heavy atom. The number of esters is 1. The highest BCUT2D eigenvalue weighted by atomic mass is 79.9. The summed E-state index contributed by atoms with van der Waals surface area (Å²) in [6, 6.07) is 7.29. The largest absolute Gasteiger partial charge is 0.462 e. The van der Waals surface area contributed by atoms with E-state index in [-0.39, 0.29) is 0 Å². The number of aromatic nitrogens is 1. The van der Waals surface area contributed by atoms with Crippen molar-refractivity contribution in [3.8, 4) is 0 Å². The Balaban J connectivity index is 2.46. The summed E-state index contributed by atoms with van der Waals surface area (Å²) in [5.74, 6) is -0.406. The zero-order valence-corrected chi connectivity index (χ0v) is 19.7. The van der Waals surface area contributed by atoms with Crippen molar-refractivity contribution in [2.45, 2.75) is 49.3 Å². The summed E-state index contributed by atoms with van der Waals surface area (Å²) in [7, 11) is -1.37. The maximum atomic E-state index is 12.3. The first-order valence-electron chi connectivity index (χ1n) is 8.69. The summed E-state index contributed by atoms with van der Waals surface area (Å²) in [5.41, 5.74) is 2.20. The van der Waals surface area contributed by atoms with Crippen molar-refractivity contribution in [1.29, 1.82) is 0 Å². The quantitative estimate of drug-likeness (QED) is 0.409. The van der Waals surface area contributed by atoms with Gasteiger partial charge in [0.25, 0.3) is 0 Å². The van der Waals surface area contributed by atoms with Crippen LogP contribution in [-0.2, 0) is 15.7 Å². The number of hydrogen-bond donors (Lipinski definition) is 0. The maximum absolute atomic E-state index is 12.3. The predicted molar refractivity (Wildman–Crippen MR) is 119 cm³/mol. The van der Waals surface area contributed by atoms with E-state index in [0.29, 0.717) is 17.2 Å². The van der Waals surface area contributed by atoms with Gasteiger partial charge in [-0.25, -0.2) is 14.0 Å². The number of aryl methyl sites for hydroxylation is 1. The molecule has 1 atom stereocenters.